The minimum absolute atomic E-state index is 0.128. The maximum atomic E-state index is 13.0. The molecule has 6 heteroatoms. The summed E-state index contributed by atoms with van der Waals surface area (Å²) in [5.74, 6) is -3.01. The van der Waals surface area contributed by atoms with Gasteiger partial charge in [-0.05, 0) is 25.0 Å². The molecule has 0 aromatic carbocycles. The van der Waals surface area contributed by atoms with E-state index in [9.17, 15) is 18.4 Å². The first-order valence-electron chi connectivity index (χ1n) is 5.56. The Bertz CT molecular complexity index is 351. The first kappa shape index (κ1) is 16.3. The van der Waals surface area contributed by atoms with Crippen LogP contribution in [0.2, 0.25) is 0 Å². The quantitative estimate of drug-likeness (QED) is 0.331. The van der Waals surface area contributed by atoms with E-state index in [4.69, 9.17) is 0 Å². The van der Waals surface area contributed by atoms with Gasteiger partial charge in [0.05, 0.1) is 7.11 Å². The molecule has 0 bridgehead atoms. The predicted octanol–water partition coefficient (Wildman–Crippen LogP) is 2.17. The Morgan fingerprint density at radius 3 is 2.39 bits per heavy atom. The van der Waals surface area contributed by atoms with Gasteiger partial charge in [-0.15, -0.1) is 0 Å². The van der Waals surface area contributed by atoms with Crippen LogP contribution in [-0.2, 0) is 14.3 Å². The van der Waals surface area contributed by atoms with Crippen LogP contribution in [0.3, 0.4) is 0 Å². The molecule has 0 rings (SSSR count). The minimum Gasteiger partial charge on any atom is -0.469 e. The standard InChI is InChI=1S/C12H17F2NO3/c1-3-5-9(13)10(14)6-4-7-15-11(16)8-12(17)18-2/h5-6H,3-4,7-8H2,1-2H3,(H,15,16). The molecule has 0 saturated carbocycles. The van der Waals surface area contributed by atoms with Crippen molar-refractivity contribution in [2.24, 2.45) is 0 Å². The number of amides is 1. The Kier molecular flexibility index (Phi) is 8.43. The molecule has 0 aliphatic heterocycles. The van der Waals surface area contributed by atoms with Gasteiger partial charge in [0, 0.05) is 6.54 Å². The molecule has 0 aromatic rings. The molecule has 0 fully saturated rings. The Morgan fingerprint density at radius 1 is 1.22 bits per heavy atom. The molecular formula is C12H17F2NO3. The normalized spacial score (nSPS) is 12.2. The lowest BCUT2D eigenvalue weighted by Gasteiger charge is -2.02. The Morgan fingerprint density at radius 2 is 1.83 bits per heavy atom. The van der Waals surface area contributed by atoms with Gasteiger partial charge in [0.2, 0.25) is 5.91 Å². The lowest BCUT2D eigenvalue weighted by molar-refractivity contribution is -0.143. The summed E-state index contributed by atoms with van der Waals surface area (Å²) in [6.45, 7) is 1.82. The maximum Gasteiger partial charge on any atom is 0.315 e. The van der Waals surface area contributed by atoms with E-state index in [0.717, 1.165) is 12.2 Å². The number of ether oxygens (including phenoxy) is 1. The first-order valence-corrected chi connectivity index (χ1v) is 5.56. The van der Waals surface area contributed by atoms with Gasteiger partial charge in [0.1, 0.15) is 6.42 Å². The fourth-order valence-electron chi connectivity index (χ4n) is 1.05. The van der Waals surface area contributed by atoms with Crippen molar-refractivity contribution in [3.8, 4) is 0 Å². The van der Waals surface area contributed by atoms with Gasteiger partial charge in [-0.3, -0.25) is 9.59 Å². The molecule has 1 N–H and O–H groups in total. The summed E-state index contributed by atoms with van der Waals surface area (Å²) >= 11 is 0. The van der Waals surface area contributed by atoms with E-state index < -0.39 is 23.5 Å². The molecule has 0 radical (unpaired) electrons. The number of esters is 1. The highest BCUT2D eigenvalue weighted by molar-refractivity contribution is 5.94. The summed E-state index contributed by atoms with van der Waals surface area (Å²) in [4.78, 5) is 21.8. The van der Waals surface area contributed by atoms with Crippen LogP contribution in [0, 0.1) is 0 Å². The van der Waals surface area contributed by atoms with Crippen molar-refractivity contribution in [1.29, 1.82) is 0 Å². The highest BCUT2D eigenvalue weighted by Gasteiger charge is 2.08. The van der Waals surface area contributed by atoms with Crippen LogP contribution in [0.5, 0.6) is 0 Å². The molecule has 102 valence electrons. The summed E-state index contributed by atoms with van der Waals surface area (Å²) < 4.78 is 30.2. The van der Waals surface area contributed by atoms with E-state index >= 15 is 0 Å². The predicted molar refractivity (Wildman–Crippen MR) is 62.9 cm³/mol. The number of allylic oxidation sites excluding steroid dienone is 3. The zero-order valence-electron chi connectivity index (χ0n) is 10.5. The maximum absolute atomic E-state index is 13.0. The van der Waals surface area contributed by atoms with Gasteiger partial charge in [-0.1, -0.05) is 6.92 Å². The molecule has 0 heterocycles. The number of hydrogen-bond donors (Lipinski definition) is 1. The highest BCUT2D eigenvalue weighted by Crippen LogP contribution is 2.13. The van der Waals surface area contributed by atoms with Crippen molar-refractivity contribution in [2.75, 3.05) is 13.7 Å². The number of hydrogen-bond acceptors (Lipinski definition) is 3. The van der Waals surface area contributed by atoms with Gasteiger partial charge in [0.15, 0.2) is 11.7 Å². The molecule has 0 spiro atoms. The number of nitrogens with one attached hydrogen (secondary N) is 1. The van der Waals surface area contributed by atoms with Crippen LogP contribution in [-0.4, -0.2) is 25.5 Å². The van der Waals surface area contributed by atoms with Crippen molar-refractivity contribution in [2.45, 2.75) is 26.2 Å². The van der Waals surface area contributed by atoms with E-state index in [2.05, 4.69) is 10.1 Å². The van der Waals surface area contributed by atoms with E-state index in [-0.39, 0.29) is 19.4 Å². The lowest BCUT2D eigenvalue weighted by atomic mass is 10.3. The van der Waals surface area contributed by atoms with E-state index in [1.54, 1.807) is 6.92 Å². The van der Waals surface area contributed by atoms with Crippen LogP contribution in [0.4, 0.5) is 8.78 Å². The van der Waals surface area contributed by atoms with Crippen molar-refractivity contribution in [3.05, 3.63) is 23.8 Å². The molecule has 0 aromatic heterocycles. The summed E-state index contributed by atoms with van der Waals surface area (Å²) in [6, 6.07) is 0. The van der Waals surface area contributed by atoms with Crippen LogP contribution in [0.25, 0.3) is 0 Å². The van der Waals surface area contributed by atoms with E-state index in [1.165, 1.54) is 7.11 Å². The Labute approximate surface area is 105 Å². The third-order valence-corrected chi connectivity index (χ3v) is 1.93. The van der Waals surface area contributed by atoms with Crippen LogP contribution in [0.15, 0.2) is 23.8 Å². The van der Waals surface area contributed by atoms with Crippen molar-refractivity contribution in [1.82, 2.24) is 5.32 Å². The molecule has 18 heavy (non-hydrogen) atoms. The molecule has 1 amide bonds. The Balaban J connectivity index is 3.92. The van der Waals surface area contributed by atoms with E-state index in [0.29, 0.717) is 6.42 Å². The van der Waals surface area contributed by atoms with Crippen LogP contribution in [0.1, 0.15) is 26.2 Å². The molecule has 0 atom stereocenters. The summed E-state index contributed by atoms with van der Waals surface area (Å²) in [7, 11) is 1.18. The Hall–Kier alpha value is -1.72. The molecule has 0 aliphatic carbocycles. The van der Waals surface area contributed by atoms with E-state index in [1.807, 2.05) is 0 Å². The monoisotopic (exact) mass is 261 g/mol. The zero-order valence-corrected chi connectivity index (χ0v) is 10.5. The summed E-state index contributed by atoms with van der Waals surface area (Å²) in [6.07, 6.45) is 2.33. The van der Waals surface area contributed by atoms with Gasteiger partial charge < -0.3 is 10.1 Å². The second kappa shape index (κ2) is 9.32. The minimum atomic E-state index is -0.945. The fourth-order valence-corrected chi connectivity index (χ4v) is 1.05. The number of carbonyl (C=O) groups excluding carboxylic acids is 2. The topological polar surface area (TPSA) is 55.4 Å². The number of methoxy groups -OCH3 is 1. The van der Waals surface area contributed by atoms with Gasteiger partial charge in [-0.2, -0.15) is 0 Å². The zero-order chi connectivity index (χ0) is 14.0. The van der Waals surface area contributed by atoms with Crippen molar-refractivity contribution >= 4 is 11.9 Å². The smallest absolute Gasteiger partial charge is 0.315 e. The lowest BCUT2D eigenvalue weighted by Crippen LogP contribution is -2.26. The number of carbonyl (C=O) groups is 2. The average Bonchev–Trinajstić information content (AvgIpc) is 2.34. The van der Waals surface area contributed by atoms with Gasteiger partial charge in [-0.25, -0.2) is 8.78 Å². The molecule has 0 saturated heterocycles. The number of rotatable bonds is 7. The highest BCUT2D eigenvalue weighted by atomic mass is 19.2. The second-order valence-electron chi connectivity index (χ2n) is 3.40. The summed E-state index contributed by atoms with van der Waals surface area (Å²) in [5, 5.41) is 2.38. The van der Waals surface area contributed by atoms with Crippen molar-refractivity contribution < 1.29 is 23.1 Å². The van der Waals surface area contributed by atoms with Crippen LogP contribution >= 0.6 is 0 Å². The fraction of sp³-hybridized carbons (Fsp3) is 0.500. The number of halogens is 2. The van der Waals surface area contributed by atoms with Gasteiger partial charge >= 0.3 is 5.97 Å². The second-order valence-corrected chi connectivity index (χ2v) is 3.40. The average molecular weight is 261 g/mol. The third-order valence-electron chi connectivity index (χ3n) is 1.93. The molecule has 0 unspecified atom stereocenters. The summed E-state index contributed by atoms with van der Waals surface area (Å²) in [5.41, 5.74) is 0. The van der Waals surface area contributed by atoms with Gasteiger partial charge in [0.25, 0.3) is 0 Å². The first-order chi connectivity index (χ1) is 8.51. The third kappa shape index (κ3) is 7.54. The largest absolute Gasteiger partial charge is 0.469 e. The SMILES string of the molecule is CCC=C(F)C(F)=CCCNC(=O)CC(=O)OC. The molecule has 4 nitrogen and oxygen atoms in total. The van der Waals surface area contributed by atoms with Crippen molar-refractivity contribution in [3.63, 3.8) is 0 Å². The molecular weight excluding hydrogens is 244 g/mol. The molecule has 0 aliphatic rings. The van der Waals surface area contributed by atoms with Crippen LogP contribution < -0.4 is 5.32 Å².